The fraction of sp³-hybridized carbons (Fsp3) is 0.185. The molecule has 0 unspecified atom stereocenters. The van der Waals surface area contributed by atoms with Crippen LogP contribution in [0.5, 0.6) is 0 Å². The Kier molecular flexibility index (Phi) is 7.05. The molecule has 0 radical (unpaired) electrons. The molecule has 4 rings (SSSR count). The Morgan fingerprint density at radius 1 is 1.06 bits per heavy atom. The summed E-state index contributed by atoms with van der Waals surface area (Å²) in [5.74, 6) is -0.109. The third kappa shape index (κ3) is 5.00. The van der Waals surface area contributed by atoms with Crippen LogP contribution in [0.1, 0.15) is 40.2 Å². The molecule has 7 heteroatoms. The average Bonchev–Trinajstić information content (AvgIpc) is 3.36. The van der Waals surface area contributed by atoms with Crippen molar-refractivity contribution in [2.45, 2.75) is 32.3 Å². The number of benzene rings is 3. The van der Waals surface area contributed by atoms with Crippen molar-refractivity contribution >= 4 is 23.3 Å². The summed E-state index contributed by atoms with van der Waals surface area (Å²) in [6, 6.07) is 21.8. The van der Waals surface area contributed by atoms with Gasteiger partial charge in [0.05, 0.1) is 23.1 Å². The molecule has 0 aliphatic carbocycles. The van der Waals surface area contributed by atoms with E-state index in [2.05, 4.69) is 15.0 Å². The van der Waals surface area contributed by atoms with Crippen LogP contribution in [0.15, 0.2) is 77.2 Å². The lowest BCUT2D eigenvalue weighted by Crippen LogP contribution is -2.25. The molecule has 0 saturated carbocycles. The zero-order valence-corrected chi connectivity index (χ0v) is 19.5. The Balaban J connectivity index is 1.67. The van der Waals surface area contributed by atoms with Crippen molar-refractivity contribution in [3.8, 4) is 11.5 Å². The molecule has 34 heavy (non-hydrogen) atoms. The zero-order chi connectivity index (χ0) is 24.1. The van der Waals surface area contributed by atoms with Crippen LogP contribution in [-0.2, 0) is 11.2 Å². The van der Waals surface area contributed by atoms with Crippen molar-refractivity contribution in [2.75, 3.05) is 0 Å². The third-order valence-electron chi connectivity index (χ3n) is 5.69. The molecule has 0 saturated heterocycles. The molecule has 0 bridgehead atoms. The Morgan fingerprint density at radius 2 is 1.74 bits per heavy atom. The van der Waals surface area contributed by atoms with Gasteiger partial charge in [-0.15, -0.1) is 10.2 Å². The van der Waals surface area contributed by atoms with E-state index >= 15 is 0 Å². The first kappa shape index (κ1) is 23.2. The van der Waals surface area contributed by atoms with Gasteiger partial charge < -0.3 is 9.15 Å². The van der Waals surface area contributed by atoms with E-state index in [1.165, 1.54) is 0 Å². The van der Waals surface area contributed by atoms with Gasteiger partial charge in [-0.25, -0.2) is 9.64 Å². The average molecular weight is 472 g/mol. The van der Waals surface area contributed by atoms with E-state index in [-0.39, 0.29) is 0 Å². The second-order valence-corrected chi connectivity index (χ2v) is 8.27. The van der Waals surface area contributed by atoms with Gasteiger partial charge in [-0.3, -0.25) is 0 Å². The molecule has 0 aliphatic rings. The maximum Gasteiger partial charge on any atom is 0.338 e. The van der Waals surface area contributed by atoms with Crippen molar-refractivity contribution < 1.29 is 13.9 Å². The predicted molar refractivity (Wildman–Crippen MR) is 130 cm³/mol. The van der Waals surface area contributed by atoms with Crippen LogP contribution in [0.25, 0.3) is 16.3 Å². The van der Waals surface area contributed by atoms with Gasteiger partial charge in [-0.2, -0.15) is 0 Å². The summed E-state index contributed by atoms with van der Waals surface area (Å²) in [5, 5.41) is 8.91. The van der Waals surface area contributed by atoms with Crippen molar-refractivity contribution in [2.24, 2.45) is 0 Å². The number of aromatic nitrogens is 2. The standard InChI is InChI=1S/C27H22ClN3O3/c1-17-21(14-15-23(29-3)24(17)28)16-22(18(2)33-27(32)20-12-8-5-9-13-20)26-31-30-25(34-26)19-10-6-4-7-11-19/h4-15,18,22H,16H2,1-2H3/t18-,22+/m0/s1. The summed E-state index contributed by atoms with van der Waals surface area (Å²) in [4.78, 5) is 16.2. The highest BCUT2D eigenvalue weighted by Gasteiger charge is 2.30. The SMILES string of the molecule is [C-]#[N+]c1ccc(C[C@@H](c2nnc(-c3ccccc3)o2)[C@H](C)OC(=O)c2ccccc2)c(C)c1Cl. The van der Waals surface area contributed by atoms with Gasteiger partial charge in [0.15, 0.2) is 0 Å². The number of ether oxygens (including phenoxy) is 1. The van der Waals surface area contributed by atoms with Crippen molar-refractivity contribution in [1.82, 2.24) is 10.2 Å². The van der Waals surface area contributed by atoms with Gasteiger partial charge in [0.25, 0.3) is 0 Å². The van der Waals surface area contributed by atoms with Crippen molar-refractivity contribution in [3.63, 3.8) is 0 Å². The number of rotatable bonds is 7. The first-order valence-corrected chi connectivity index (χ1v) is 11.2. The van der Waals surface area contributed by atoms with Gasteiger partial charge in [-0.1, -0.05) is 60.1 Å². The number of esters is 1. The lowest BCUT2D eigenvalue weighted by Gasteiger charge is -2.22. The highest BCUT2D eigenvalue weighted by atomic mass is 35.5. The first-order valence-electron chi connectivity index (χ1n) is 10.8. The van der Waals surface area contributed by atoms with Crippen LogP contribution < -0.4 is 0 Å². The highest BCUT2D eigenvalue weighted by Crippen LogP contribution is 2.35. The molecule has 0 N–H and O–H groups in total. The Labute approximate surface area is 203 Å². The fourth-order valence-corrected chi connectivity index (χ4v) is 3.91. The lowest BCUT2D eigenvalue weighted by atomic mass is 9.92. The summed E-state index contributed by atoms with van der Waals surface area (Å²) in [5.41, 5.74) is 3.36. The van der Waals surface area contributed by atoms with E-state index in [0.717, 1.165) is 16.7 Å². The third-order valence-corrected chi connectivity index (χ3v) is 6.16. The smallest absolute Gasteiger partial charge is 0.338 e. The minimum Gasteiger partial charge on any atom is -0.458 e. The minimum atomic E-state index is -0.574. The van der Waals surface area contributed by atoms with Crippen LogP contribution in [-0.4, -0.2) is 22.3 Å². The normalized spacial score (nSPS) is 12.5. The second-order valence-electron chi connectivity index (χ2n) is 7.89. The second kappa shape index (κ2) is 10.3. The van der Waals surface area contributed by atoms with Gasteiger partial charge in [-0.05, 0) is 55.7 Å². The number of carbonyl (C=O) groups excluding carboxylic acids is 1. The zero-order valence-electron chi connectivity index (χ0n) is 18.7. The summed E-state index contributed by atoms with van der Waals surface area (Å²) >= 11 is 6.41. The van der Waals surface area contributed by atoms with E-state index < -0.39 is 18.0 Å². The molecule has 1 aromatic heterocycles. The monoisotopic (exact) mass is 471 g/mol. The quantitative estimate of drug-likeness (QED) is 0.218. The van der Waals surface area contributed by atoms with Gasteiger partial charge >= 0.3 is 5.97 Å². The maximum atomic E-state index is 12.7. The molecule has 0 amide bonds. The number of halogens is 1. The molecule has 170 valence electrons. The Morgan fingerprint density at radius 3 is 2.41 bits per heavy atom. The number of hydrogen-bond donors (Lipinski definition) is 0. The van der Waals surface area contributed by atoms with Crippen LogP contribution >= 0.6 is 11.6 Å². The van der Waals surface area contributed by atoms with Crippen LogP contribution in [0.2, 0.25) is 5.02 Å². The number of hydrogen-bond acceptors (Lipinski definition) is 5. The number of nitrogens with zero attached hydrogens (tertiary/aromatic N) is 3. The van der Waals surface area contributed by atoms with E-state index in [9.17, 15) is 4.79 Å². The Hall–Kier alpha value is -3.95. The summed E-state index contributed by atoms with van der Waals surface area (Å²) in [6.07, 6.45) is -0.140. The fourth-order valence-electron chi connectivity index (χ4n) is 3.68. The van der Waals surface area contributed by atoms with E-state index in [0.29, 0.717) is 34.5 Å². The molecule has 0 fully saturated rings. The largest absolute Gasteiger partial charge is 0.458 e. The topological polar surface area (TPSA) is 69.6 Å². The molecule has 6 nitrogen and oxygen atoms in total. The molecule has 0 aliphatic heterocycles. The van der Waals surface area contributed by atoms with Crippen LogP contribution in [0.4, 0.5) is 5.69 Å². The molecule has 2 atom stereocenters. The van der Waals surface area contributed by atoms with Gasteiger partial charge in [0.2, 0.25) is 17.5 Å². The molecular formula is C27H22ClN3O3. The maximum absolute atomic E-state index is 12.7. The van der Waals surface area contributed by atoms with E-state index in [1.807, 2.05) is 56.3 Å². The van der Waals surface area contributed by atoms with Crippen LogP contribution in [0, 0.1) is 13.5 Å². The molecule has 4 aromatic rings. The summed E-state index contributed by atoms with van der Waals surface area (Å²) in [6.45, 7) is 11.0. The molecule has 0 spiro atoms. The van der Waals surface area contributed by atoms with E-state index in [1.54, 1.807) is 30.3 Å². The lowest BCUT2D eigenvalue weighted by molar-refractivity contribution is 0.0259. The predicted octanol–water partition coefficient (Wildman–Crippen LogP) is 6.82. The number of carbonyl (C=O) groups is 1. The van der Waals surface area contributed by atoms with E-state index in [4.69, 9.17) is 27.3 Å². The highest BCUT2D eigenvalue weighted by molar-refractivity contribution is 6.34. The Bertz CT molecular complexity index is 1330. The summed E-state index contributed by atoms with van der Waals surface area (Å²) in [7, 11) is 0. The molecule has 3 aromatic carbocycles. The minimum absolute atomic E-state index is 0.358. The van der Waals surface area contributed by atoms with Gasteiger partial charge in [0.1, 0.15) is 6.10 Å². The molecule has 1 heterocycles. The first-order chi connectivity index (χ1) is 16.5. The summed E-state index contributed by atoms with van der Waals surface area (Å²) < 4.78 is 11.8. The van der Waals surface area contributed by atoms with Gasteiger partial charge in [0, 0.05) is 5.56 Å². The molecular weight excluding hydrogens is 450 g/mol. The van der Waals surface area contributed by atoms with Crippen molar-refractivity contribution in [3.05, 3.63) is 112 Å². The van der Waals surface area contributed by atoms with Crippen molar-refractivity contribution in [1.29, 1.82) is 0 Å². The van der Waals surface area contributed by atoms with Crippen LogP contribution in [0.3, 0.4) is 0 Å².